The molecule has 2 heterocycles. The van der Waals surface area contributed by atoms with Crippen molar-refractivity contribution in [2.75, 3.05) is 0 Å². The highest BCUT2D eigenvalue weighted by Gasteiger charge is 2.20. The number of hydrogen-bond acceptors (Lipinski definition) is 2. The Bertz CT molecular complexity index is 4090. The molecule has 0 radical (unpaired) electrons. The quantitative estimate of drug-likeness (QED) is 0.137. The lowest BCUT2D eigenvalue weighted by Gasteiger charge is -2.20. The van der Waals surface area contributed by atoms with Crippen molar-refractivity contribution >= 4 is 21.8 Å². The van der Waals surface area contributed by atoms with Crippen LogP contribution in [0.5, 0.6) is 0 Å². The average molecular weight is 930 g/mol. The van der Waals surface area contributed by atoms with Gasteiger partial charge >= 0.3 is 0 Å². The van der Waals surface area contributed by atoms with E-state index in [4.69, 9.17) is 9.97 Å². The molecule has 0 bridgehead atoms. The van der Waals surface area contributed by atoms with Crippen molar-refractivity contribution in [3.05, 3.63) is 285 Å². The van der Waals surface area contributed by atoms with E-state index in [2.05, 4.69) is 265 Å². The predicted molar refractivity (Wildman–Crippen MR) is 305 cm³/mol. The Kier molecular flexibility index (Phi) is 11.2. The topological polar surface area (TPSA) is 30.7 Å². The van der Waals surface area contributed by atoms with Crippen LogP contribution in [0.25, 0.3) is 128 Å². The van der Waals surface area contributed by atoms with Gasteiger partial charge in [-0.3, -0.25) is 0 Å². The Hall–Kier alpha value is -9.70. The van der Waals surface area contributed by atoms with Crippen LogP contribution in [0.1, 0.15) is 0 Å². The molecule has 0 aliphatic heterocycles. The van der Waals surface area contributed by atoms with Gasteiger partial charge in [0, 0.05) is 33.2 Å². The van der Waals surface area contributed by atoms with Gasteiger partial charge in [-0.1, -0.05) is 224 Å². The largest absolute Gasteiger partial charge is 0.309 e. The van der Waals surface area contributed by atoms with Gasteiger partial charge < -0.3 is 4.57 Å². The molecule has 3 nitrogen and oxygen atoms in total. The molecule has 13 aromatic rings. The first kappa shape index (κ1) is 43.3. The lowest BCUT2D eigenvalue weighted by Crippen LogP contribution is -1.96. The van der Waals surface area contributed by atoms with E-state index in [1.807, 2.05) is 24.3 Å². The van der Waals surface area contributed by atoms with Crippen LogP contribution in [0.3, 0.4) is 0 Å². The maximum atomic E-state index is 5.23. The van der Waals surface area contributed by atoms with Crippen LogP contribution in [0.4, 0.5) is 0 Å². The van der Waals surface area contributed by atoms with Gasteiger partial charge in [0.1, 0.15) is 0 Å². The monoisotopic (exact) mass is 929 g/mol. The van der Waals surface area contributed by atoms with E-state index in [0.29, 0.717) is 5.82 Å². The molecule has 73 heavy (non-hydrogen) atoms. The summed E-state index contributed by atoms with van der Waals surface area (Å²) >= 11 is 0. The first-order valence-electron chi connectivity index (χ1n) is 24.9. The minimum absolute atomic E-state index is 0.691. The summed E-state index contributed by atoms with van der Waals surface area (Å²) in [6.45, 7) is 0. The summed E-state index contributed by atoms with van der Waals surface area (Å²) in [4.78, 5) is 10.4. The number of rotatable bonds is 10. The van der Waals surface area contributed by atoms with Gasteiger partial charge in [-0.05, 0) is 127 Å². The second kappa shape index (κ2) is 18.9. The highest BCUT2D eigenvalue weighted by molar-refractivity contribution is 6.11. The third-order valence-electron chi connectivity index (χ3n) is 14.0. The molecule has 0 unspecified atom stereocenters. The fraction of sp³-hybridized carbons (Fsp3) is 0. The lowest BCUT2D eigenvalue weighted by molar-refractivity contribution is 1.18. The molecule has 342 valence electrons. The highest BCUT2D eigenvalue weighted by Crippen LogP contribution is 2.46. The molecular weight excluding hydrogens is 883 g/mol. The van der Waals surface area contributed by atoms with Gasteiger partial charge in [0.25, 0.3) is 0 Å². The van der Waals surface area contributed by atoms with Crippen molar-refractivity contribution < 1.29 is 0 Å². The summed E-state index contributed by atoms with van der Waals surface area (Å²) in [6.07, 6.45) is 0. The van der Waals surface area contributed by atoms with Gasteiger partial charge in [-0.25, -0.2) is 9.97 Å². The molecule has 0 N–H and O–H groups in total. The zero-order chi connectivity index (χ0) is 48.5. The van der Waals surface area contributed by atoms with Crippen LogP contribution in [0, 0.1) is 0 Å². The van der Waals surface area contributed by atoms with Gasteiger partial charge in [-0.15, -0.1) is 0 Å². The van der Waals surface area contributed by atoms with E-state index in [-0.39, 0.29) is 0 Å². The molecule has 0 saturated heterocycles. The van der Waals surface area contributed by atoms with Crippen molar-refractivity contribution in [1.82, 2.24) is 14.5 Å². The van der Waals surface area contributed by atoms with E-state index in [0.717, 1.165) is 67.1 Å². The standard InChI is InChI=1S/C70H47N3/c1-6-20-48(21-7-1)50-36-38-51(39-37-50)65-47-66(72-70(71-65)53-26-12-4-13-27-53)58-31-19-29-55(43-58)54-28-18-30-56(42-54)62-45-59(49-22-8-2-9-23-49)46-63(69(62)52-24-10-3-11-25-52)57-40-41-68-64(44-57)61-34-16-17-35-67(61)73(68)60-32-14-5-15-33-60/h1-47H. The molecule has 0 aliphatic rings. The summed E-state index contributed by atoms with van der Waals surface area (Å²) in [7, 11) is 0. The summed E-state index contributed by atoms with van der Waals surface area (Å²) in [6, 6.07) is 102. The normalized spacial score (nSPS) is 11.3. The first-order valence-corrected chi connectivity index (χ1v) is 24.9. The molecule has 2 aromatic heterocycles. The van der Waals surface area contributed by atoms with Crippen molar-refractivity contribution in [2.24, 2.45) is 0 Å². The number of aromatic nitrogens is 3. The molecule has 3 heteroatoms. The molecule has 0 amide bonds. The number of hydrogen-bond donors (Lipinski definition) is 0. The number of nitrogens with zero attached hydrogens (tertiary/aromatic N) is 3. The van der Waals surface area contributed by atoms with E-state index in [9.17, 15) is 0 Å². The van der Waals surface area contributed by atoms with Crippen LogP contribution in [-0.2, 0) is 0 Å². The van der Waals surface area contributed by atoms with Crippen molar-refractivity contribution in [2.45, 2.75) is 0 Å². The van der Waals surface area contributed by atoms with Crippen molar-refractivity contribution in [3.63, 3.8) is 0 Å². The third-order valence-corrected chi connectivity index (χ3v) is 14.0. The Balaban J connectivity index is 0.954. The number of benzene rings is 11. The van der Waals surface area contributed by atoms with Crippen LogP contribution >= 0.6 is 0 Å². The van der Waals surface area contributed by atoms with Crippen LogP contribution in [0.15, 0.2) is 285 Å². The molecule has 0 spiro atoms. The van der Waals surface area contributed by atoms with Crippen molar-refractivity contribution in [1.29, 1.82) is 0 Å². The van der Waals surface area contributed by atoms with Gasteiger partial charge in [0.15, 0.2) is 5.82 Å². The number of fused-ring (bicyclic) bond motifs is 3. The Morgan fingerprint density at radius 2 is 0.658 bits per heavy atom. The molecule has 0 saturated carbocycles. The molecule has 11 aromatic carbocycles. The first-order chi connectivity index (χ1) is 36.2. The smallest absolute Gasteiger partial charge is 0.160 e. The zero-order valence-corrected chi connectivity index (χ0v) is 40.0. The summed E-state index contributed by atoms with van der Waals surface area (Å²) < 4.78 is 2.38. The van der Waals surface area contributed by atoms with Crippen LogP contribution < -0.4 is 0 Å². The predicted octanol–water partition coefficient (Wildman–Crippen LogP) is 18.6. The molecule has 13 rings (SSSR count). The molecular formula is C70H47N3. The van der Waals surface area contributed by atoms with E-state index >= 15 is 0 Å². The second-order valence-corrected chi connectivity index (χ2v) is 18.5. The van der Waals surface area contributed by atoms with Gasteiger partial charge in [0.05, 0.1) is 22.4 Å². The summed E-state index contributed by atoms with van der Waals surface area (Å²) in [5.74, 6) is 0.691. The Morgan fingerprint density at radius 3 is 1.30 bits per heavy atom. The second-order valence-electron chi connectivity index (χ2n) is 18.5. The molecule has 0 aliphatic carbocycles. The minimum atomic E-state index is 0.691. The Morgan fingerprint density at radius 1 is 0.233 bits per heavy atom. The average Bonchev–Trinajstić information content (AvgIpc) is 3.81. The summed E-state index contributed by atoms with van der Waals surface area (Å²) in [5, 5.41) is 2.45. The van der Waals surface area contributed by atoms with Gasteiger partial charge in [0.2, 0.25) is 0 Å². The minimum Gasteiger partial charge on any atom is -0.309 e. The third kappa shape index (κ3) is 8.39. The maximum absolute atomic E-state index is 5.23. The highest BCUT2D eigenvalue weighted by atomic mass is 15.0. The van der Waals surface area contributed by atoms with E-state index < -0.39 is 0 Å². The van der Waals surface area contributed by atoms with Crippen LogP contribution in [-0.4, -0.2) is 14.5 Å². The fourth-order valence-electron chi connectivity index (χ4n) is 10.5. The van der Waals surface area contributed by atoms with Crippen LogP contribution in [0.2, 0.25) is 0 Å². The van der Waals surface area contributed by atoms with Gasteiger partial charge in [-0.2, -0.15) is 0 Å². The van der Waals surface area contributed by atoms with E-state index in [1.54, 1.807) is 0 Å². The van der Waals surface area contributed by atoms with E-state index in [1.165, 1.54) is 55.2 Å². The zero-order valence-electron chi connectivity index (χ0n) is 40.0. The molecule has 0 fully saturated rings. The lowest BCUT2D eigenvalue weighted by atomic mass is 9.84. The molecule has 0 atom stereocenters. The summed E-state index contributed by atoms with van der Waals surface area (Å²) in [5.41, 5.74) is 22.2. The fourth-order valence-corrected chi connectivity index (χ4v) is 10.5. The van der Waals surface area contributed by atoms with Crippen molar-refractivity contribution in [3.8, 4) is 106 Å². The number of para-hydroxylation sites is 2. The SMILES string of the molecule is c1ccc(-c2ccc(-c3cc(-c4cccc(-c5cccc(-c6cc(-c7ccccc7)cc(-c7ccc8c(c7)c7ccccc7n8-c7ccccc7)c6-c6ccccc6)c5)c4)nc(-c4ccccc4)n3)cc2)cc1. The maximum Gasteiger partial charge on any atom is 0.160 e. The Labute approximate surface area is 425 Å².